The Morgan fingerprint density at radius 2 is 2.00 bits per heavy atom. The van der Waals surface area contributed by atoms with Crippen molar-refractivity contribution in [3.05, 3.63) is 35.4 Å². The second-order valence-electron chi connectivity index (χ2n) is 4.47. The molecule has 3 heteroatoms. The summed E-state index contributed by atoms with van der Waals surface area (Å²) in [6, 6.07) is 7.48. The lowest BCUT2D eigenvalue weighted by molar-refractivity contribution is 0.0108. The number of aliphatic hydroxyl groups is 1. The second kappa shape index (κ2) is 4.76. The van der Waals surface area contributed by atoms with Gasteiger partial charge in [0.05, 0.1) is 5.60 Å². The zero-order valence-corrected chi connectivity index (χ0v) is 9.28. The minimum Gasteiger partial charge on any atom is -0.389 e. The van der Waals surface area contributed by atoms with E-state index >= 15 is 0 Å². The third-order valence-corrected chi connectivity index (χ3v) is 3.24. The van der Waals surface area contributed by atoms with Gasteiger partial charge in [-0.1, -0.05) is 24.3 Å². The van der Waals surface area contributed by atoms with E-state index in [1.807, 2.05) is 18.2 Å². The summed E-state index contributed by atoms with van der Waals surface area (Å²) in [6.45, 7) is 1.69. The summed E-state index contributed by atoms with van der Waals surface area (Å²) in [5.41, 5.74) is 0.987. The second-order valence-corrected chi connectivity index (χ2v) is 4.47. The maximum atomic E-state index is 10.9. The van der Waals surface area contributed by atoms with Crippen LogP contribution < -0.4 is 5.32 Å². The number of nitrogens with one attached hydrogen (secondary N) is 1. The Bertz CT molecular complexity index is 370. The van der Waals surface area contributed by atoms with Gasteiger partial charge in [-0.15, -0.1) is 0 Å². The van der Waals surface area contributed by atoms with Crippen molar-refractivity contribution < 1.29 is 9.90 Å². The molecule has 2 N–H and O–H groups in total. The summed E-state index contributed by atoms with van der Waals surface area (Å²) in [5, 5.41) is 13.6. The highest BCUT2D eigenvalue weighted by molar-refractivity contribution is 5.77. The Balaban J connectivity index is 2.15. The minimum atomic E-state index is -0.648. The van der Waals surface area contributed by atoms with Crippen LogP contribution in [0.15, 0.2) is 24.3 Å². The summed E-state index contributed by atoms with van der Waals surface area (Å²) < 4.78 is 0. The van der Waals surface area contributed by atoms with E-state index in [-0.39, 0.29) is 0 Å². The molecule has 1 saturated heterocycles. The van der Waals surface area contributed by atoms with E-state index in [1.54, 1.807) is 6.07 Å². The first kappa shape index (κ1) is 11.3. The smallest absolute Gasteiger partial charge is 0.150 e. The van der Waals surface area contributed by atoms with Crippen LogP contribution in [0.3, 0.4) is 0 Å². The monoisotopic (exact) mass is 219 g/mol. The number of carbonyl (C=O) groups is 1. The number of hydrogen-bond donors (Lipinski definition) is 2. The molecule has 0 amide bonds. The van der Waals surface area contributed by atoms with Crippen molar-refractivity contribution in [1.29, 1.82) is 0 Å². The normalized spacial score (nSPS) is 19.3. The molecule has 0 atom stereocenters. The molecule has 3 nitrogen and oxygen atoms in total. The van der Waals surface area contributed by atoms with Crippen LogP contribution in [0.25, 0.3) is 0 Å². The van der Waals surface area contributed by atoms with Crippen molar-refractivity contribution in [2.24, 2.45) is 0 Å². The number of piperidine rings is 1. The molecular formula is C13H17NO2. The average Bonchev–Trinajstić information content (AvgIpc) is 2.30. The molecule has 86 valence electrons. The van der Waals surface area contributed by atoms with Gasteiger partial charge in [0.15, 0.2) is 0 Å². The molecule has 1 aromatic carbocycles. The molecule has 0 aliphatic carbocycles. The van der Waals surface area contributed by atoms with Gasteiger partial charge in [-0.05, 0) is 31.5 Å². The van der Waals surface area contributed by atoms with Crippen LogP contribution in [0.1, 0.15) is 28.8 Å². The fourth-order valence-corrected chi connectivity index (χ4v) is 2.23. The maximum absolute atomic E-state index is 10.9. The Morgan fingerprint density at radius 3 is 2.69 bits per heavy atom. The highest BCUT2D eigenvalue weighted by atomic mass is 16.3. The summed E-state index contributed by atoms with van der Waals surface area (Å²) in [5.74, 6) is 0. The minimum absolute atomic E-state index is 0.573. The van der Waals surface area contributed by atoms with Crippen LogP contribution in [-0.4, -0.2) is 30.1 Å². The van der Waals surface area contributed by atoms with Crippen molar-refractivity contribution in [1.82, 2.24) is 5.32 Å². The van der Waals surface area contributed by atoms with Crippen LogP contribution in [0, 0.1) is 0 Å². The van der Waals surface area contributed by atoms with Crippen molar-refractivity contribution in [3.8, 4) is 0 Å². The molecule has 1 fully saturated rings. The predicted octanol–water partition coefficient (Wildman–Crippen LogP) is 1.16. The standard InChI is InChI=1S/C13H17NO2/c15-10-12-4-2-1-3-11(12)9-13(16)5-7-14-8-6-13/h1-4,10,14,16H,5-9H2. The topological polar surface area (TPSA) is 49.3 Å². The van der Waals surface area contributed by atoms with Gasteiger partial charge in [-0.3, -0.25) is 4.79 Å². The van der Waals surface area contributed by atoms with E-state index in [9.17, 15) is 9.90 Å². The third kappa shape index (κ3) is 2.49. The van der Waals surface area contributed by atoms with E-state index in [1.165, 1.54) is 0 Å². The lowest BCUT2D eigenvalue weighted by atomic mass is 9.85. The Morgan fingerprint density at radius 1 is 1.31 bits per heavy atom. The predicted molar refractivity (Wildman–Crippen MR) is 62.6 cm³/mol. The largest absolute Gasteiger partial charge is 0.389 e. The average molecular weight is 219 g/mol. The molecule has 0 saturated carbocycles. The van der Waals surface area contributed by atoms with Gasteiger partial charge in [0.2, 0.25) is 0 Å². The summed E-state index contributed by atoms with van der Waals surface area (Å²) in [6.07, 6.45) is 2.93. The molecule has 0 spiro atoms. The maximum Gasteiger partial charge on any atom is 0.150 e. The van der Waals surface area contributed by atoms with Gasteiger partial charge in [0.25, 0.3) is 0 Å². The molecule has 2 rings (SSSR count). The lowest BCUT2D eigenvalue weighted by Crippen LogP contribution is -2.43. The van der Waals surface area contributed by atoms with Crippen LogP contribution >= 0.6 is 0 Å². The van der Waals surface area contributed by atoms with Crippen LogP contribution in [0.5, 0.6) is 0 Å². The SMILES string of the molecule is O=Cc1ccccc1CC1(O)CCNCC1. The molecule has 1 heterocycles. The van der Waals surface area contributed by atoms with Crippen LogP contribution in [0.4, 0.5) is 0 Å². The number of benzene rings is 1. The van der Waals surface area contributed by atoms with Crippen LogP contribution in [-0.2, 0) is 6.42 Å². The van der Waals surface area contributed by atoms with E-state index in [0.29, 0.717) is 12.0 Å². The fourth-order valence-electron chi connectivity index (χ4n) is 2.23. The Labute approximate surface area is 95.5 Å². The van der Waals surface area contributed by atoms with Gasteiger partial charge in [-0.2, -0.15) is 0 Å². The number of aldehydes is 1. The lowest BCUT2D eigenvalue weighted by Gasteiger charge is -2.33. The first-order valence-corrected chi connectivity index (χ1v) is 5.70. The summed E-state index contributed by atoms with van der Waals surface area (Å²) in [7, 11) is 0. The molecule has 0 radical (unpaired) electrons. The zero-order chi connectivity index (χ0) is 11.4. The van der Waals surface area contributed by atoms with Crippen molar-refractivity contribution in [2.75, 3.05) is 13.1 Å². The van der Waals surface area contributed by atoms with Crippen LogP contribution in [0.2, 0.25) is 0 Å². The molecule has 0 unspecified atom stereocenters. The Kier molecular flexibility index (Phi) is 3.36. The summed E-state index contributed by atoms with van der Waals surface area (Å²) >= 11 is 0. The van der Waals surface area contributed by atoms with E-state index in [0.717, 1.165) is 37.8 Å². The van der Waals surface area contributed by atoms with E-state index in [4.69, 9.17) is 0 Å². The Hall–Kier alpha value is -1.19. The van der Waals surface area contributed by atoms with Crippen molar-refractivity contribution in [3.63, 3.8) is 0 Å². The first-order chi connectivity index (χ1) is 7.73. The van der Waals surface area contributed by atoms with Crippen molar-refractivity contribution in [2.45, 2.75) is 24.9 Å². The molecule has 0 aromatic heterocycles. The number of rotatable bonds is 3. The van der Waals surface area contributed by atoms with E-state index < -0.39 is 5.60 Å². The van der Waals surface area contributed by atoms with Gasteiger partial charge in [0, 0.05) is 12.0 Å². The fraction of sp³-hybridized carbons (Fsp3) is 0.462. The zero-order valence-electron chi connectivity index (χ0n) is 9.28. The van der Waals surface area contributed by atoms with Gasteiger partial charge >= 0.3 is 0 Å². The van der Waals surface area contributed by atoms with Gasteiger partial charge in [-0.25, -0.2) is 0 Å². The van der Waals surface area contributed by atoms with Gasteiger partial charge < -0.3 is 10.4 Å². The molecule has 16 heavy (non-hydrogen) atoms. The molecule has 0 bridgehead atoms. The third-order valence-electron chi connectivity index (χ3n) is 3.24. The van der Waals surface area contributed by atoms with E-state index in [2.05, 4.69) is 5.32 Å². The quantitative estimate of drug-likeness (QED) is 0.750. The molecule has 1 aliphatic heterocycles. The number of carbonyl (C=O) groups excluding carboxylic acids is 1. The van der Waals surface area contributed by atoms with Gasteiger partial charge in [0.1, 0.15) is 6.29 Å². The molecule has 1 aromatic rings. The molecular weight excluding hydrogens is 202 g/mol. The summed E-state index contributed by atoms with van der Waals surface area (Å²) in [4.78, 5) is 10.9. The molecule has 1 aliphatic rings. The highest BCUT2D eigenvalue weighted by Crippen LogP contribution is 2.24. The highest BCUT2D eigenvalue weighted by Gasteiger charge is 2.29. The van der Waals surface area contributed by atoms with Crippen molar-refractivity contribution >= 4 is 6.29 Å². The first-order valence-electron chi connectivity index (χ1n) is 5.70. The number of hydrogen-bond acceptors (Lipinski definition) is 3.